The smallest absolute Gasteiger partial charge is 0.124 e. The second kappa shape index (κ2) is 5.19. The lowest BCUT2D eigenvalue weighted by Crippen LogP contribution is -2.40. The third-order valence-electron chi connectivity index (χ3n) is 3.54. The fraction of sp³-hybridized carbons (Fsp3) is 0.769. The zero-order valence-electron chi connectivity index (χ0n) is 10.7. The van der Waals surface area contributed by atoms with E-state index in [2.05, 4.69) is 12.0 Å². The van der Waals surface area contributed by atoms with Crippen molar-refractivity contribution >= 4 is 0 Å². The van der Waals surface area contributed by atoms with Crippen LogP contribution in [0.4, 0.5) is 0 Å². The Hall–Kier alpha value is -0.870. The van der Waals surface area contributed by atoms with E-state index in [0.29, 0.717) is 0 Å². The molecule has 0 aliphatic carbocycles. The fourth-order valence-corrected chi connectivity index (χ4v) is 2.46. The van der Waals surface area contributed by atoms with Crippen molar-refractivity contribution in [1.29, 1.82) is 0 Å². The van der Waals surface area contributed by atoms with Gasteiger partial charge in [0.1, 0.15) is 6.10 Å². The van der Waals surface area contributed by atoms with Gasteiger partial charge in [-0.3, -0.25) is 4.68 Å². The van der Waals surface area contributed by atoms with Crippen molar-refractivity contribution in [3.8, 4) is 0 Å². The molecule has 17 heavy (non-hydrogen) atoms. The Morgan fingerprint density at radius 2 is 2.41 bits per heavy atom. The van der Waals surface area contributed by atoms with Crippen molar-refractivity contribution in [2.45, 2.75) is 57.8 Å². The summed E-state index contributed by atoms with van der Waals surface area (Å²) in [5.41, 5.74) is 0.417. The normalized spacial score (nSPS) is 27.0. The van der Waals surface area contributed by atoms with Crippen molar-refractivity contribution in [2.75, 3.05) is 6.61 Å². The fourth-order valence-electron chi connectivity index (χ4n) is 2.46. The molecule has 0 spiro atoms. The number of nitrogens with zero attached hydrogens (tertiary/aromatic N) is 2. The van der Waals surface area contributed by atoms with Crippen LogP contribution in [0.1, 0.15) is 51.3 Å². The summed E-state index contributed by atoms with van der Waals surface area (Å²) in [5.74, 6) is 0. The molecule has 2 atom stereocenters. The third-order valence-corrected chi connectivity index (χ3v) is 3.54. The highest BCUT2D eigenvalue weighted by atomic mass is 16.5. The molecule has 0 bridgehead atoms. The van der Waals surface area contributed by atoms with Crippen LogP contribution in [0.25, 0.3) is 0 Å². The van der Waals surface area contributed by atoms with E-state index in [4.69, 9.17) is 4.74 Å². The molecule has 0 aromatic carbocycles. The summed E-state index contributed by atoms with van der Waals surface area (Å²) < 4.78 is 7.68. The largest absolute Gasteiger partial charge is 0.384 e. The first-order valence-electron chi connectivity index (χ1n) is 6.51. The zero-order chi connectivity index (χ0) is 12.3. The lowest BCUT2D eigenvalue weighted by atomic mass is 9.88. The maximum absolute atomic E-state index is 10.5. The van der Waals surface area contributed by atoms with Crippen molar-refractivity contribution in [3.63, 3.8) is 0 Å². The highest BCUT2D eigenvalue weighted by Crippen LogP contribution is 2.36. The van der Waals surface area contributed by atoms with Crippen molar-refractivity contribution < 1.29 is 9.84 Å². The molecule has 0 radical (unpaired) electrons. The van der Waals surface area contributed by atoms with E-state index in [1.165, 1.54) is 0 Å². The number of hydrogen-bond donors (Lipinski definition) is 1. The molecule has 1 aliphatic rings. The minimum absolute atomic E-state index is 0.455. The van der Waals surface area contributed by atoms with Gasteiger partial charge >= 0.3 is 0 Å². The number of aliphatic hydroxyl groups excluding tert-OH is 1. The van der Waals surface area contributed by atoms with E-state index >= 15 is 0 Å². The van der Waals surface area contributed by atoms with Gasteiger partial charge in [0.25, 0.3) is 0 Å². The number of aryl methyl sites for hydroxylation is 1. The molecule has 2 heterocycles. The molecular formula is C13H22N2O2. The van der Waals surface area contributed by atoms with Gasteiger partial charge < -0.3 is 9.84 Å². The molecule has 4 heteroatoms. The summed E-state index contributed by atoms with van der Waals surface area (Å²) >= 11 is 0. The van der Waals surface area contributed by atoms with E-state index in [1.54, 1.807) is 6.20 Å². The number of hydrogen-bond acceptors (Lipinski definition) is 3. The second-order valence-electron chi connectivity index (χ2n) is 5.00. The van der Waals surface area contributed by atoms with E-state index in [9.17, 15) is 5.11 Å². The quantitative estimate of drug-likeness (QED) is 0.875. The van der Waals surface area contributed by atoms with Gasteiger partial charge in [-0.25, -0.2) is 0 Å². The average Bonchev–Trinajstić information content (AvgIpc) is 2.78. The van der Waals surface area contributed by atoms with Crippen LogP contribution in [0.5, 0.6) is 0 Å². The number of ether oxygens (including phenoxy) is 1. The SMILES string of the molecule is CCCn1nccc1C(O)C1(C)CCCCO1. The van der Waals surface area contributed by atoms with Crippen LogP contribution in [-0.4, -0.2) is 27.1 Å². The first kappa shape index (κ1) is 12.6. The Kier molecular flexibility index (Phi) is 3.84. The summed E-state index contributed by atoms with van der Waals surface area (Å²) in [6.07, 6.45) is 5.30. The summed E-state index contributed by atoms with van der Waals surface area (Å²) in [6.45, 7) is 5.70. The number of aromatic nitrogens is 2. The zero-order valence-corrected chi connectivity index (χ0v) is 10.7. The van der Waals surface area contributed by atoms with Gasteiger partial charge in [-0.1, -0.05) is 6.92 Å². The van der Waals surface area contributed by atoms with E-state index in [-0.39, 0.29) is 0 Å². The molecule has 1 aliphatic heterocycles. The monoisotopic (exact) mass is 238 g/mol. The molecule has 0 saturated carbocycles. The van der Waals surface area contributed by atoms with E-state index in [1.807, 2.05) is 17.7 Å². The first-order valence-corrected chi connectivity index (χ1v) is 6.51. The van der Waals surface area contributed by atoms with Crippen LogP contribution in [-0.2, 0) is 11.3 Å². The third kappa shape index (κ3) is 2.53. The van der Waals surface area contributed by atoms with Gasteiger partial charge in [0, 0.05) is 19.3 Å². The van der Waals surface area contributed by atoms with Gasteiger partial charge in [0.2, 0.25) is 0 Å². The standard InChI is InChI=1S/C13H22N2O2/c1-3-9-15-11(6-8-14-15)12(16)13(2)7-4-5-10-17-13/h6,8,12,16H,3-5,7,9-10H2,1-2H3. The molecule has 2 unspecified atom stereocenters. The molecule has 1 saturated heterocycles. The highest BCUT2D eigenvalue weighted by Gasteiger charge is 2.38. The topological polar surface area (TPSA) is 47.3 Å². The molecule has 0 amide bonds. The van der Waals surface area contributed by atoms with Gasteiger partial charge in [-0.05, 0) is 38.7 Å². The summed E-state index contributed by atoms with van der Waals surface area (Å²) in [7, 11) is 0. The van der Waals surface area contributed by atoms with Crippen LogP contribution in [0, 0.1) is 0 Å². The minimum Gasteiger partial charge on any atom is -0.384 e. The number of rotatable bonds is 4. The molecule has 2 rings (SSSR count). The average molecular weight is 238 g/mol. The second-order valence-corrected chi connectivity index (χ2v) is 5.00. The minimum atomic E-state index is -0.586. The molecule has 1 fully saturated rings. The van der Waals surface area contributed by atoms with Crippen LogP contribution < -0.4 is 0 Å². The predicted molar refractivity (Wildman–Crippen MR) is 65.7 cm³/mol. The Labute approximate surface area is 103 Å². The Balaban J connectivity index is 2.17. The summed E-state index contributed by atoms with van der Waals surface area (Å²) in [5, 5.41) is 14.8. The van der Waals surface area contributed by atoms with Gasteiger partial charge in [0.15, 0.2) is 0 Å². The Morgan fingerprint density at radius 1 is 1.59 bits per heavy atom. The maximum atomic E-state index is 10.5. The van der Waals surface area contributed by atoms with Gasteiger partial charge in [-0.15, -0.1) is 0 Å². The lowest BCUT2D eigenvalue weighted by molar-refractivity contribution is -0.140. The maximum Gasteiger partial charge on any atom is 0.124 e. The molecule has 96 valence electrons. The molecule has 4 nitrogen and oxygen atoms in total. The van der Waals surface area contributed by atoms with Crippen LogP contribution >= 0.6 is 0 Å². The molecule has 1 N–H and O–H groups in total. The van der Waals surface area contributed by atoms with E-state index < -0.39 is 11.7 Å². The number of aliphatic hydroxyl groups is 1. The molecular weight excluding hydrogens is 216 g/mol. The highest BCUT2D eigenvalue weighted by molar-refractivity contribution is 5.10. The summed E-state index contributed by atoms with van der Waals surface area (Å²) in [4.78, 5) is 0. The van der Waals surface area contributed by atoms with Gasteiger partial charge in [0.05, 0.1) is 11.3 Å². The summed E-state index contributed by atoms with van der Waals surface area (Å²) in [6, 6.07) is 1.89. The first-order chi connectivity index (χ1) is 8.17. The van der Waals surface area contributed by atoms with E-state index in [0.717, 1.165) is 44.5 Å². The van der Waals surface area contributed by atoms with Crippen molar-refractivity contribution in [2.24, 2.45) is 0 Å². The Bertz CT molecular complexity index is 356. The molecule has 1 aromatic rings. The van der Waals surface area contributed by atoms with Crippen molar-refractivity contribution in [1.82, 2.24) is 9.78 Å². The van der Waals surface area contributed by atoms with Crippen LogP contribution in [0.2, 0.25) is 0 Å². The lowest BCUT2D eigenvalue weighted by Gasteiger charge is -2.37. The molecule has 1 aromatic heterocycles. The van der Waals surface area contributed by atoms with Gasteiger partial charge in [-0.2, -0.15) is 5.10 Å². The van der Waals surface area contributed by atoms with Crippen LogP contribution in [0.15, 0.2) is 12.3 Å². The predicted octanol–water partition coefficient (Wildman–Crippen LogP) is 2.29. The van der Waals surface area contributed by atoms with Crippen molar-refractivity contribution in [3.05, 3.63) is 18.0 Å². The Morgan fingerprint density at radius 3 is 3.06 bits per heavy atom. The van der Waals surface area contributed by atoms with Crippen LogP contribution in [0.3, 0.4) is 0 Å².